The van der Waals surface area contributed by atoms with Gasteiger partial charge in [0.15, 0.2) is 11.5 Å². The van der Waals surface area contributed by atoms with Gasteiger partial charge in [-0.3, -0.25) is 9.78 Å². The van der Waals surface area contributed by atoms with Crippen molar-refractivity contribution in [2.75, 3.05) is 27.3 Å². The third kappa shape index (κ3) is 4.34. The number of ether oxygens (including phenoxy) is 3. The Bertz CT molecular complexity index is 1150. The number of hydrogen-bond acceptors (Lipinski definition) is 6. The molecule has 2 aromatic carbocycles. The first kappa shape index (κ1) is 21.9. The molecule has 2 atom stereocenters. The molecule has 0 saturated carbocycles. The van der Waals surface area contributed by atoms with Crippen LogP contribution in [0.25, 0.3) is 10.9 Å². The molecule has 2 heterocycles. The number of aryl methyl sites for hydroxylation is 2. The molecule has 0 spiro atoms. The monoisotopic (exact) mass is 436 g/mol. The number of methoxy groups -OCH3 is 2. The third-order valence-corrected chi connectivity index (χ3v) is 5.77. The standard InChI is InChI=1S/C25H28N2O5/c1-15-5-7-20-18(11-15)19(12-16(2)26-20)25(29)27-10-9-22(21(28)14-27)32-17-6-8-23(30-3)24(13-17)31-4/h5-8,11-13,21-22,28H,9-10,14H2,1-4H3/t21-,22-/m1/s1. The summed E-state index contributed by atoms with van der Waals surface area (Å²) in [6.45, 7) is 4.57. The number of aliphatic hydroxyl groups is 1. The molecule has 0 aliphatic carbocycles. The summed E-state index contributed by atoms with van der Waals surface area (Å²) in [5, 5.41) is 11.6. The Hall–Kier alpha value is -3.32. The van der Waals surface area contributed by atoms with Crippen LogP contribution in [0.2, 0.25) is 0 Å². The number of fused-ring (bicyclic) bond motifs is 1. The molecular formula is C25H28N2O5. The molecule has 1 amide bonds. The highest BCUT2D eigenvalue weighted by Gasteiger charge is 2.33. The summed E-state index contributed by atoms with van der Waals surface area (Å²) in [6, 6.07) is 13.0. The highest BCUT2D eigenvalue weighted by atomic mass is 16.5. The van der Waals surface area contributed by atoms with E-state index in [-0.39, 0.29) is 12.5 Å². The van der Waals surface area contributed by atoms with Gasteiger partial charge in [0.05, 0.1) is 31.8 Å². The second kappa shape index (κ2) is 9.04. The summed E-state index contributed by atoms with van der Waals surface area (Å²) in [4.78, 5) is 19.6. The summed E-state index contributed by atoms with van der Waals surface area (Å²) >= 11 is 0. The molecular weight excluding hydrogens is 408 g/mol. The van der Waals surface area contributed by atoms with Crippen LogP contribution in [0.3, 0.4) is 0 Å². The van der Waals surface area contributed by atoms with Crippen molar-refractivity contribution < 1.29 is 24.1 Å². The molecule has 1 aromatic heterocycles. The Morgan fingerprint density at radius 2 is 1.84 bits per heavy atom. The van der Waals surface area contributed by atoms with E-state index < -0.39 is 12.2 Å². The van der Waals surface area contributed by atoms with Crippen molar-refractivity contribution >= 4 is 16.8 Å². The average molecular weight is 437 g/mol. The van der Waals surface area contributed by atoms with E-state index >= 15 is 0 Å². The zero-order chi connectivity index (χ0) is 22.8. The SMILES string of the molecule is COc1ccc(O[C@@H]2CCN(C(=O)c3cc(C)nc4ccc(C)cc34)C[C@H]2O)cc1OC. The van der Waals surface area contributed by atoms with Gasteiger partial charge in [-0.25, -0.2) is 0 Å². The molecule has 32 heavy (non-hydrogen) atoms. The molecule has 4 rings (SSSR count). The summed E-state index contributed by atoms with van der Waals surface area (Å²) < 4.78 is 16.6. The molecule has 0 unspecified atom stereocenters. The van der Waals surface area contributed by atoms with Crippen LogP contribution in [-0.2, 0) is 0 Å². The lowest BCUT2D eigenvalue weighted by Gasteiger charge is -2.36. The summed E-state index contributed by atoms with van der Waals surface area (Å²) in [7, 11) is 3.14. The number of β-amino-alcohol motifs (C(OH)–C–C–N with tert-alkyl or cyclic N) is 1. The predicted octanol–water partition coefficient (Wildman–Crippen LogP) is 3.52. The Morgan fingerprint density at radius 1 is 1.06 bits per heavy atom. The summed E-state index contributed by atoms with van der Waals surface area (Å²) in [6.07, 6.45) is -0.713. The van der Waals surface area contributed by atoms with Gasteiger partial charge >= 0.3 is 0 Å². The molecule has 1 N–H and O–H groups in total. The number of amides is 1. The Labute approximate surface area is 187 Å². The first-order chi connectivity index (χ1) is 15.4. The maximum Gasteiger partial charge on any atom is 0.254 e. The van der Waals surface area contributed by atoms with E-state index in [0.717, 1.165) is 22.2 Å². The molecule has 3 aromatic rings. The summed E-state index contributed by atoms with van der Waals surface area (Å²) in [5.74, 6) is 1.64. The van der Waals surface area contributed by atoms with Crippen LogP contribution in [0, 0.1) is 13.8 Å². The van der Waals surface area contributed by atoms with Gasteiger partial charge in [-0.1, -0.05) is 11.6 Å². The highest BCUT2D eigenvalue weighted by molar-refractivity contribution is 6.06. The van der Waals surface area contributed by atoms with Crippen LogP contribution < -0.4 is 14.2 Å². The number of rotatable bonds is 5. The maximum absolute atomic E-state index is 13.4. The molecule has 0 bridgehead atoms. The van der Waals surface area contributed by atoms with E-state index in [1.54, 1.807) is 37.3 Å². The van der Waals surface area contributed by atoms with Gasteiger partial charge < -0.3 is 24.2 Å². The minimum Gasteiger partial charge on any atom is -0.493 e. The number of likely N-dealkylation sites (tertiary alicyclic amines) is 1. The summed E-state index contributed by atoms with van der Waals surface area (Å²) in [5.41, 5.74) is 3.27. The molecule has 1 fully saturated rings. The Balaban J connectivity index is 1.50. The van der Waals surface area contributed by atoms with Gasteiger partial charge in [0.2, 0.25) is 0 Å². The number of carbonyl (C=O) groups excluding carboxylic acids is 1. The second-order valence-corrected chi connectivity index (χ2v) is 8.11. The van der Waals surface area contributed by atoms with Crippen molar-refractivity contribution in [3.8, 4) is 17.2 Å². The van der Waals surface area contributed by atoms with Crippen LogP contribution in [0.5, 0.6) is 17.2 Å². The fourth-order valence-electron chi connectivity index (χ4n) is 4.12. The fraction of sp³-hybridized carbons (Fsp3) is 0.360. The molecule has 168 valence electrons. The number of aliphatic hydroxyl groups excluding tert-OH is 1. The topological polar surface area (TPSA) is 81.1 Å². The van der Waals surface area contributed by atoms with Crippen LogP contribution in [0.15, 0.2) is 42.5 Å². The molecule has 7 nitrogen and oxygen atoms in total. The smallest absolute Gasteiger partial charge is 0.254 e. The molecule has 1 aliphatic heterocycles. The van der Waals surface area contributed by atoms with E-state index in [2.05, 4.69) is 4.98 Å². The fourth-order valence-corrected chi connectivity index (χ4v) is 4.12. The normalized spacial score (nSPS) is 18.5. The van der Waals surface area contributed by atoms with Gasteiger partial charge in [-0.05, 0) is 44.2 Å². The maximum atomic E-state index is 13.4. The number of nitrogens with zero attached hydrogens (tertiary/aromatic N) is 2. The average Bonchev–Trinajstić information content (AvgIpc) is 2.79. The first-order valence-electron chi connectivity index (χ1n) is 10.6. The predicted molar refractivity (Wildman–Crippen MR) is 122 cm³/mol. The third-order valence-electron chi connectivity index (χ3n) is 5.77. The van der Waals surface area contributed by atoms with Crippen LogP contribution >= 0.6 is 0 Å². The Morgan fingerprint density at radius 3 is 2.56 bits per heavy atom. The Kier molecular flexibility index (Phi) is 6.19. The number of aromatic nitrogens is 1. The van der Waals surface area contributed by atoms with Crippen molar-refractivity contribution in [3.05, 3.63) is 59.3 Å². The lowest BCUT2D eigenvalue weighted by Crippen LogP contribution is -2.51. The minimum atomic E-state index is -0.809. The van der Waals surface area contributed by atoms with Gasteiger partial charge in [-0.2, -0.15) is 0 Å². The molecule has 1 aliphatic rings. The van der Waals surface area contributed by atoms with Gasteiger partial charge in [-0.15, -0.1) is 0 Å². The molecule has 1 saturated heterocycles. The minimum absolute atomic E-state index is 0.102. The van der Waals surface area contributed by atoms with E-state index in [9.17, 15) is 9.90 Å². The van der Waals surface area contributed by atoms with Gasteiger partial charge in [0.25, 0.3) is 5.91 Å². The molecule has 7 heteroatoms. The van der Waals surface area contributed by atoms with Crippen LogP contribution in [0.4, 0.5) is 0 Å². The van der Waals surface area contributed by atoms with Crippen molar-refractivity contribution in [2.45, 2.75) is 32.5 Å². The van der Waals surface area contributed by atoms with Crippen LogP contribution in [-0.4, -0.2) is 60.4 Å². The second-order valence-electron chi connectivity index (χ2n) is 8.11. The number of carbonyl (C=O) groups is 1. The zero-order valence-electron chi connectivity index (χ0n) is 18.8. The van der Waals surface area contributed by atoms with E-state index in [0.29, 0.717) is 35.8 Å². The quantitative estimate of drug-likeness (QED) is 0.659. The van der Waals surface area contributed by atoms with Crippen LogP contribution in [0.1, 0.15) is 28.0 Å². The largest absolute Gasteiger partial charge is 0.493 e. The molecule has 0 radical (unpaired) electrons. The number of benzene rings is 2. The van der Waals surface area contributed by atoms with Crippen molar-refractivity contribution in [3.63, 3.8) is 0 Å². The number of piperidine rings is 1. The van der Waals surface area contributed by atoms with E-state index in [4.69, 9.17) is 14.2 Å². The number of pyridine rings is 1. The van der Waals surface area contributed by atoms with Crippen molar-refractivity contribution in [2.24, 2.45) is 0 Å². The van der Waals surface area contributed by atoms with Gasteiger partial charge in [0.1, 0.15) is 18.0 Å². The van der Waals surface area contributed by atoms with E-state index in [1.165, 1.54) is 0 Å². The number of hydrogen-bond donors (Lipinski definition) is 1. The van der Waals surface area contributed by atoms with E-state index in [1.807, 2.05) is 38.1 Å². The zero-order valence-corrected chi connectivity index (χ0v) is 18.8. The van der Waals surface area contributed by atoms with Gasteiger partial charge in [0, 0.05) is 30.1 Å². The van der Waals surface area contributed by atoms with Crippen molar-refractivity contribution in [1.82, 2.24) is 9.88 Å². The first-order valence-corrected chi connectivity index (χ1v) is 10.6. The lowest BCUT2D eigenvalue weighted by molar-refractivity contribution is -0.0199. The highest BCUT2D eigenvalue weighted by Crippen LogP contribution is 2.32. The van der Waals surface area contributed by atoms with Crippen molar-refractivity contribution in [1.29, 1.82) is 0 Å². The lowest BCUT2D eigenvalue weighted by atomic mass is 10.0.